The molecule has 0 aliphatic carbocycles. The Labute approximate surface area is 152 Å². The lowest BCUT2D eigenvalue weighted by molar-refractivity contribution is -0.135. The van der Waals surface area contributed by atoms with Crippen LogP contribution in [0.4, 0.5) is 4.79 Å². The second kappa shape index (κ2) is 7.03. The van der Waals surface area contributed by atoms with Crippen molar-refractivity contribution >= 4 is 17.8 Å². The summed E-state index contributed by atoms with van der Waals surface area (Å²) in [7, 11) is 0. The number of urea groups is 1. The molecule has 4 aliphatic heterocycles. The number of hydrogen-bond acceptors (Lipinski definition) is 5. The molecule has 5 heterocycles. The van der Waals surface area contributed by atoms with Crippen LogP contribution >= 0.6 is 0 Å². The van der Waals surface area contributed by atoms with Crippen molar-refractivity contribution < 1.29 is 14.4 Å². The number of rotatable bonds is 4. The SMILES string of the molecule is O=C1CN(CC(=O)N2C[C@H]3CC[C@@H]2CN(Cc2cccnc2)C3)C(=O)N1. The highest BCUT2D eigenvalue weighted by Gasteiger charge is 2.38. The zero-order valence-electron chi connectivity index (χ0n) is 14.6. The van der Waals surface area contributed by atoms with Crippen molar-refractivity contribution in [2.75, 3.05) is 32.7 Å². The highest BCUT2D eigenvalue weighted by Crippen LogP contribution is 2.29. The topological polar surface area (TPSA) is 85.9 Å². The van der Waals surface area contributed by atoms with Gasteiger partial charge in [0.05, 0.1) is 0 Å². The van der Waals surface area contributed by atoms with Gasteiger partial charge in [-0.1, -0.05) is 6.07 Å². The fourth-order valence-corrected chi connectivity index (χ4v) is 4.23. The first-order valence-electron chi connectivity index (χ1n) is 9.08. The molecule has 0 aromatic carbocycles. The Morgan fingerprint density at radius 2 is 2.12 bits per heavy atom. The Hall–Kier alpha value is -2.48. The molecule has 2 bridgehead atoms. The van der Waals surface area contributed by atoms with E-state index in [2.05, 4.69) is 21.3 Å². The second-order valence-electron chi connectivity index (χ2n) is 7.41. The maximum absolute atomic E-state index is 12.8. The Morgan fingerprint density at radius 1 is 1.23 bits per heavy atom. The largest absolute Gasteiger partial charge is 0.337 e. The third kappa shape index (κ3) is 3.55. The molecular weight excluding hydrogens is 334 g/mol. The quantitative estimate of drug-likeness (QED) is 0.770. The third-order valence-electron chi connectivity index (χ3n) is 5.43. The van der Waals surface area contributed by atoms with Crippen LogP contribution in [0, 0.1) is 5.92 Å². The number of carbonyl (C=O) groups is 3. The Balaban J connectivity index is 1.40. The number of imide groups is 1. The summed E-state index contributed by atoms with van der Waals surface area (Å²) in [5.41, 5.74) is 1.18. The zero-order chi connectivity index (χ0) is 18.1. The number of carbonyl (C=O) groups excluding carboxylic acids is 3. The van der Waals surface area contributed by atoms with Gasteiger partial charge in [-0.15, -0.1) is 0 Å². The van der Waals surface area contributed by atoms with E-state index in [1.54, 1.807) is 6.20 Å². The summed E-state index contributed by atoms with van der Waals surface area (Å²) in [6.07, 6.45) is 5.78. The van der Waals surface area contributed by atoms with Gasteiger partial charge in [0, 0.05) is 44.6 Å². The molecule has 0 saturated carbocycles. The molecule has 2 atom stereocenters. The molecule has 1 aromatic rings. The maximum atomic E-state index is 12.8. The van der Waals surface area contributed by atoms with Crippen LogP contribution in [0.15, 0.2) is 24.5 Å². The zero-order valence-corrected chi connectivity index (χ0v) is 14.6. The molecule has 4 saturated heterocycles. The van der Waals surface area contributed by atoms with E-state index in [9.17, 15) is 14.4 Å². The van der Waals surface area contributed by atoms with Gasteiger partial charge < -0.3 is 9.80 Å². The smallest absolute Gasteiger partial charge is 0.325 e. The highest BCUT2D eigenvalue weighted by atomic mass is 16.2. The first kappa shape index (κ1) is 17.0. The fraction of sp³-hybridized carbons (Fsp3) is 0.556. The Morgan fingerprint density at radius 3 is 2.85 bits per heavy atom. The molecule has 5 rings (SSSR count). The molecule has 0 spiro atoms. The summed E-state index contributed by atoms with van der Waals surface area (Å²) >= 11 is 0. The summed E-state index contributed by atoms with van der Waals surface area (Å²) in [5, 5.41) is 2.22. The van der Waals surface area contributed by atoms with Gasteiger partial charge in [-0.05, 0) is 30.4 Å². The van der Waals surface area contributed by atoms with Crippen molar-refractivity contribution in [3.05, 3.63) is 30.1 Å². The van der Waals surface area contributed by atoms with Gasteiger partial charge in [-0.2, -0.15) is 0 Å². The third-order valence-corrected chi connectivity index (χ3v) is 5.43. The van der Waals surface area contributed by atoms with Crippen molar-refractivity contribution in [3.8, 4) is 0 Å². The number of amides is 4. The van der Waals surface area contributed by atoms with Crippen molar-refractivity contribution in [1.82, 2.24) is 25.0 Å². The lowest BCUT2D eigenvalue weighted by atomic mass is 9.95. The second-order valence-corrected chi connectivity index (χ2v) is 7.41. The van der Waals surface area contributed by atoms with Crippen LogP contribution in [0.2, 0.25) is 0 Å². The maximum Gasteiger partial charge on any atom is 0.325 e. The van der Waals surface area contributed by atoms with Crippen LogP contribution in [0.25, 0.3) is 0 Å². The van der Waals surface area contributed by atoms with E-state index in [0.29, 0.717) is 5.92 Å². The molecule has 26 heavy (non-hydrogen) atoms. The molecule has 4 aliphatic rings. The minimum atomic E-state index is -0.471. The minimum Gasteiger partial charge on any atom is -0.337 e. The number of fused-ring (bicyclic) bond motifs is 4. The van der Waals surface area contributed by atoms with Crippen LogP contribution in [0.3, 0.4) is 0 Å². The van der Waals surface area contributed by atoms with Crippen molar-refractivity contribution in [3.63, 3.8) is 0 Å². The predicted octanol–water partition coefficient (Wildman–Crippen LogP) is 0.0562. The van der Waals surface area contributed by atoms with E-state index in [-0.39, 0.29) is 30.9 Å². The first-order valence-corrected chi connectivity index (χ1v) is 9.08. The lowest BCUT2D eigenvalue weighted by Crippen LogP contribution is -2.51. The number of piperidine rings is 1. The molecule has 1 aromatic heterocycles. The van der Waals surface area contributed by atoms with Crippen LogP contribution in [0.5, 0.6) is 0 Å². The Kier molecular flexibility index (Phi) is 4.58. The van der Waals surface area contributed by atoms with Gasteiger partial charge in [0.2, 0.25) is 11.8 Å². The van der Waals surface area contributed by atoms with Gasteiger partial charge in [-0.25, -0.2) is 4.79 Å². The van der Waals surface area contributed by atoms with Crippen LogP contribution < -0.4 is 5.32 Å². The summed E-state index contributed by atoms with van der Waals surface area (Å²) in [5.74, 6) is 0.0408. The number of aromatic nitrogens is 1. The van der Waals surface area contributed by atoms with Crippen molar-refractivity contribution in [2.24, 2.45) is 5.92 Å². The normalized spacial score (nSPS) is 26.2. The van der Waals surface area contributed by atoms with Gasteiger partial charge in [-0.3, -0.25) is 24.8 Å². The molecule has 4 amide bonds. The monoisotopic (exact) mass is 357 g/mol. The molecule has 8 heteroatoms. The van der Waals surface area contributed by atoms with E-state index in [0.717, 1.165) is 39.0 Å². The van der Waals surface area contributed by atoms with Crippen molar-refractivity contribution in [2.45, 2.75) is 25.4 Å². The first-order chi connectivity index (χ1) is 12.6. The van der Waals surface area contributed by atoms with E-state index < -0.39 is 6.03 Å². The summed E-state index contributed by atoms with van der Waals surface area (Å²) in [4.78, 5) is 45.6. The molecule has 0 unspecified atom stereocenters. The highest BCUT2D eigenvalue weighted by molar-refractivity contribution is 6.03. The van der Waals surface area contributed by atoms with Crippen LogP contribution in [-0.4, -0.2) is 76.3 Å². The molecule has 4 fully saturated rings. The number of nitrogens with one attached hydrogen (secondary N) is 1. The van der Waals surface area contributed by atoms with E-state index in [1.165, 1.54) is 10.5 Å². The minimum absolute atomic E-state index is 0.0244. The van der Waals surface area contributed by atoms with E-state index >= 15 is 0 Å². The fourth-order valence-electron chi connectivity index (χ4n) is 4.23. The number of nitrogens with zero attached hydrogens (tertiary/aromatic N) is 4. The summed E-state index contributed by atoms with van der Waals surface area (Å²) in [6.45, 7) is 3.32. The lowest BCUT2D eigenvalue weighted by Gasteiger charge is -2.37. The van der Waals surface area contributed by atoms with Crippen LogP contribution in [-0.2, 0) is 16.1 Å². The summed E-state index contributed by atoms with van der Waals surface area (Å²) in [6, 6.07) is 3.71. The van der Waals surface area contributed by atoms with E-state index in [4.69, 9.17) is 0 Å². The van der Waals surface area contributed by atoms with Gasteiger partial charge in [0.1, 0.15) is 13.1 Å². The predicted molar refractivity (Wildman–Crippen MR) is 92.9 cm³/mol. The Bertz CT molecular complexity index is 710. The van der Waals surface area contributed by atoms with E-state index in [1.807, 2.05) is 17.2 Å². The van der Waals surface area contributed by atoms with Gasteiger partial charge in [0.25, 0.3) is 0 Å². The van der Waals surface area contributed by atoms with Crippen molar-refractivity contribution in [1.29, 1.82) is 0 Å². The molecule has 138 valence electrons. The average Bonchev–Trinajstić information content (AvgIpc) is 2.78. The molecule has 1 N–H and O–H groups in total. The molecule has 0 radical (unpaired) electrons. The summed E-state index contributed by atoms with van der Waals surface area (Å²) < 4.78 is 0. The average molecular weight is 357 g/mol. The van der Waals surface area contributed by atoms with Gasteiger partial charge >= 0.3 is 6.03 Å². The molecule has 8 nitrogen and oxygen atoms in total. The molecular formula is C18H23N5O3. The standard InChI is InChI=1S/C18H23N5O3/c24-16-11-22(18(26)20-16)12-17(25)23-9-14-3-4-15(23)10-21(8-14)7-13-2-1-5-19-6-13/h1-2,5-6,14-15H,3-4,7-12H2,(H,20,24,26)/t14-,15+/m0/s1. The number of pyridine rings is 1. The van der Waals surface area contributed by atoms with Crippen LogP contribution in [0.1, 0.15) is 18.4 Å². The number of hydrogen-bond donors (Lipinski definition) is 1. The van der Waals surface area contributed by atoms with Gasteiger partial charge in [0.15, 0.2) is 0 Å².